The van der Waals surface area contributed by atoms with Gasteiger partial charge in [0, 0.05) is 24.5 Å². The van der Waals surface area contributed by atoms with Crippen LogP contribution in [0, 0.1) is 5.92 Å². The lowest BCUT2D eigenvalue weighted by atomic mass is 9.92. The predicted octanol–water partition coefficient (Wildman–Crippen LogP) is 1.81. The molecule has 2 aliphatic rings. The van der Waals surface area contributed by atoms with E-state index < -0.39 is 0 Å². The van der Waals surface area contributed by atoms with Gasteiger partial charge in [0.1, 0.15) is 0 Å². The number of amides is 1. The van der Waals surface area contributed by atoms with Crippen LogP contribution in [0.5, 0.6) is 0 Å². The summed E-state index contributed by atoms with van der Waals surface area (Å²) in [5.41, 5.74) is 0. The van der Waals surface area contributed by atoms with Gasteiger partial charge in [-0.3, -0.25) is 4.79 Å². The molecule has 4 heteroatoms. The van der Waals surface area contributed by atoms with Gasteiger partial charge in [-0.15, -0.1) is 12.4 Å². The van der Waals surface area contributed by atoms with Crippen molar-refractivity contribution in [1.29, 1.82) is 0 Å². The SMILES string of the molecule is CC1CCCN1C(=O)[C@H]1CCN[C@@H](C)C1.Cl. The lowest BCUT2D eigenvalue weighted by Crippen LogP contribution is -2.45. The molecule has 94 valence electrons. The van der Waals surface area contributed by atoms with Crippen molar-refractivity contribution in [2.24, 2.45) is 5.92 Å². The monoisotopic (exact) mass is 246 g/mol. The molecule has 0 aromatic rings. The summed E-state index contributed by atoms with van der Waals surface area (Å²) in [6, 6.07) is 0.980. The molecule has 16 heavy (non-hydrogen) atoms. The zero-order chi connectivity index (χ0) is 10.8. The Morgan fingerprint density at radius 1 is 1.31 bits per heavy atom. The molecule has 2 heterocycles. The molecule has 1 N–H and O–H groups in total. The summed E-state index contributed by atoms with van der Waals surface area (Å²) >= 11 is 0. The number of piperidine rings is 1. The fraction of sp³-hybridized carbons (Fsp3) is 0.917. The van der Waals surface area contributed by atoms with E-state index in [1.165, 1.54) is 12.8 Å². The first-order chi connectivity index (χ1) is 7.18. The maximum Gasteiger partial charge on any atom is 0.226 e. The Labute approximate surface area is 104 Å². The summed E-state index contributed by atoms with van der Waals surface area (Å²) in [5, 5.41) is 3.40. The van der Waals surface area contributed by atoms with Gasteiger partial charge >= 0.3 is 0 Å². The first-order valence-electron chi connectivity index (χ1n) is 6.22. The molecule has 2 aliphatic heterocycles. The van der Waals surface area contributed by atoms with E-state index in [2.05, 4.69) is 24.1 Å². The number of rotatable bonds is 1. The van der Waals surface area contributed by atoms with Crippen LogP contribution in [0.2, 0.25) is 0 Å². The zero-order valence-corrected chi connectivity index (χ0v) is 11.1. The Balaban J connectivity index is 0.00000128. The van der Waals surface area contributed by atoms with E-state index in [-0.39, 0.29) is 18.3 Å². The van der Waals surface area contributed by atoms with Crippen molar-refractivity contribution in [2.45, 2.75) is 51.6 Å². The lowest BCUT2D eigenvalue weighted by Gasteiger charge is -2.32. The highest BCUT2D eigenvalue weighted by Gasteiger charge is 2.32. The number of nitrogens with one attached hydrogen (secondary N) is 1. The van der Waals surface area contributed by atoms with Crippen molar-refractivity contribution >= 4 is 18.3 Å². The Morgan fingerprint density at radius 3 is 2.62 bits per heavy atom. The summed E-state index contributed by atoms with van der Waals surface area (Å²) in [6.07, 6.45) is 4.41. The van der Waals surface area contributed by atoms with Crippen molar-refractivity contribution in [3.05, 3.63) is 0 Å². The smallest absolute Gasteiger partial charge is 0.226 e. The largest absolute Gasteiger partial charge is 0.340 e. The molecule has 0 radical (unpaired) electrons. The normalized spacial score (nSPS) is 34.6. The van der Waals surface area contributed by atoms with Gasteiger partial charge in [-0.2, -0.15) is 0 Å². The maximum atomic E-state index is 12.3. The number of halogens is 1. The van der Waals surface area contributed by atoms with Crippen LogP contribution in [0.25, 0.3) is 0 Å². The van der Waals surface area contributed by atoms with Crippen LogP contribution in [0.15, 0.2) is 0 Å². The molecular formula is C12H23ClN2O. The van der Waals surface area contributed by atoms with Gasteiger partial charge in [0.15, 0.2) is 0 Å². The number of hydrogen-bond acceptors (Lipinski definition) is 2. The van der Waals surface area contributed by atoms with Gasteiger partial charge in [0.05, 0.1) is 0 Å². The summed E-state index contributed by atoms with van der Waals surface area (Å²) in [4.78, 5) is 14.4. The fourth-order valence-corrected chi connectivity index (χ4v) is 2.85. The van der Waals surface area contributed by atoms with E-state index in [0.717, 1.165) is 25.9 Å². The number of hydrogen-bond donors (Lipinski definition) is 1. The molecule has 2 fully saturated rings. The molecule has 3 atom stereocenters. The van der Waals surface area contributed by atoms with Gasteiger partial charge < -0.3 is 10.2 Å². The predicted molar refractivity (Wildman–Crippen MR) is 67.8 cm³/mol. The third-order valence-electron chi connectivity index (χ3n) is 3.81. The average molecular weight is 247 g/mol. The van der Waals surface area contributed by atoms with Crippen LogP contribution in [0.1, 0.15) is 39.5 Å². The molecule has 1 unspecified atom stereocenters. The highest BCUT2D eigenvalue weighted by Crippen LogP contribution is 2.24. The molecule has 1 amide bonds. The standard InChI is InChI=1S/C12H22N2O.ClH/c1-9-8-11(5-6-13-9)12(15)14-7-3-4-10(14)2;/h9-11,13H,3-8H2,1-2H3;1H/t9-,10?,11-;/m0./s1. The van der Waals surface area contributed by atoms with E-state index in [1.54, 1.807) is 0 Å². The number of likely N-dealkylation sites (tertiary alicyclic amines) is 1. The van der Waals surface area contributed by atoms with Crippen molar-refractivity contribution < 1.29 is 4.79 Å². The average Bonchev–Trinajstić information content (AvgIpc) is 2.63. The fourth-order valence-electron chi connectivity index (χ4n) is 2.85. The number of carbonyl (C=O) groups excluding carboxylic acids is 1. The minimum Gasteiger partial charge on any atom is -0.340 e. The van der Waals surface area contributed by atoms with Crippen molar-refractivity contribution in [3.8, 4) is 0 Å². The maximum absolute atomic E-state index is 12.3. The first kappa shape index (κ1) is 13.8. The highest BCUT2D eigenvalue weighted by molar-refractivity contribution is 5.85. The van der Waals surface area contributed by atoms with E-state index in [0.29, 0.717) is 18.0 Å². The van der Waals surface area contributed by atoms with Crippen LogP contribution in [-0.2, 0) is 4.79 Å². The first-order valence-corrected chi connectivity index (χ1v) is 6.22. The Hall–Kier alpha value is -0.280. The summed E-state index contributed by atoms with van der Waals surface area (Å²) < 4.78 is 0. The third kappa shape index (κ3) is 2.89. The molecule has 0 spiro atoms. The second kappa shape index (κ2) is 5.87. The number of carbonyl (C=O) groups is 1. The van der Waals surface area contributed by atoms with Crippen LogP contribution in [0.4, 0.5) is 0 Å². The van der Waals surface area contributed by atoms with Gasteiger partial charge in [0.2, 0.25) is 5.91 Å². The van der Waals surface area contributed by atoms with Gasteiger partial charge in [-0.1, -0.05) is 0 Å². The molecule has 3 nitrogen and oxygen atoms in total. The zero-order valence-electron chi connectivity index (χ0n) is 10.2. The molecule has 2 rings (SSSR count). The van der Waals surface area contributed by atoms with Gasteiger partial charge in [-0.25, -0.2) is 0 Å². The molecule has 0 aliphatic carbocycles. The molecule has 2 saturated heterocycles. The molecule has 0 aromatic heterocycles. The second-order valence-electron chi connectivity index (χ2n) is 5.10. The van der Waals surface area contributed by atoms with E-state index in [4.69, 9.17) is 0 Å². The molecule has 0 bridgehead atoms. The number of nitrogens with zero attached hydrogens (tertiary/aromatic N) is 1. The van der Waals surface area contributed by atoms with E-state index in [1.807, 2.05) is 0 Å². The van der Waals surface area contributed by atoms with Crippen LogP contribution >= 0.6 is 12.4 Å². The Morgan fingerprint density at radius 2 is 2.06 bits per heavy atom. The van der Waals surface area contributed by atoms with Crippen molar-refractivity contribution in [3.63, 3.8) is 0 Å². The lowest BCUT2D eigenvalue weighted by molar-refractivity contribution is -0.137. The topological polar surface area (TPSA) is 32.3 Å². The van der Waals surface area contributed by atoms with Gasteiger partial charge in [0.25, 0.3) is 0 Å². The Kier molecular flexibility index (Phi) is 5.06. The van der Waals surface area contributed by atoms with Crippen LogP contribution in [-0.4, -0.2) is 36.0 Å². The van der Waals surface area contributed by atoms with Crippen molar-refractivity contribution in [2.75, 3.05) is 13.1 Å². The van der Waals surface area contributed by atoms with Crippen LogP contribution < -0.4 is 5.32 Å². The molecule has 0 aromatic carbocycles. The van der Waals surface area contributed by atoms with Crippen LogP contribution in [0.3, 0.4) is 0 Å². The van der Waals surface area contributed by atoms with E-state index in [9.17, 15) is 4.79 Å². The summed E-state index contributed by atoms with van der Waals surface area (Å²) in [6.45, 7) is 6.33. The van der Waals surface area contributed by atoms with Gasteiger partial charge in [-0.05, 0) is 46.1 Å². The van der Waals surface area contributed by atoms with Crippen molar-refractivity contribution in [1.82, 2.24) is 10.2 Å². The quantitative estimate of drug-likeness (QED) is 0.766. The molecular weight excluding hydrogens is 224 g/mol. The van der Waals surface area contributed by atoms with E-state index >= 15 is 0 Å². The molecule has 0 saturated carbocycles. The highest BCUT2D eigenvalue weighted by atomic mass is 35.5. The minimum atomic E-state index is 0. The second-order valence-corrected chi connectivity index (χ2v) is 5.10. The third-order valence-corrected chi connectivity index (χ3v) is 3.81. The Bertz CT molecular complexity index is 247. The summed E-state index contributed by atoms with van der Waals surface area (Å²) in [5.74, 6) is 0.690. The summed E-state index contributed by atoms with van der Waals surface area (Å²) in [7, 11) is 0. The minimum absolute atomic E-state index is 0.